The Morgan fingerprint density at radius 1 is 1.05 bits per heavy atom. The molecular weight excluding hydrogens is 256 g/mol. The second kappa shape index (κ2) is 12.2. The molecular formula is C16H24O4. The van der Waals surface area contributed by atoms with Crippen LogP contribution in [0.4, 0.5) is 0 Å². The molecule has 0 fully saturated rings. The lowest BCUT2D eigenvalue weighted by atomic mass is 10.1. The van der Waals surface area contributed by atoms with Crippen LogP contribution in [0.3, 0.4) is 0 Å². The van der Waals surface area contributed by atoms with Gasteiger partial charge in [-0.2, -0.15) is 0 Å². The summed E-state index contributed by atoms with van der Waals surface area (Å²) in [6, 6.07) is 0. The molecule has 0 atom stereocenters. The molecule has 4 nitrogen and oxygen atoms in total. The lowest BCUT2D eigenvalue weighted by molar-refractivity contribution is -0.137. The first-order chi connectivity index (χ1) is 9.60. The predicted molar refractivity (Wildman–Crippen MR) is 78.9 cm³/mol. The minimum absolute atomic E-state index is 0.381. The van der Waals surface area contributed by atoms with Crippen LogP contribution in [0, 0.1) is 0 Å². The van der Waals surface area contributed by atoms with Crippen LogP contribution >= 0.6 is 0 Å². The standard InChI is InChI=1S/C16H24O4/c1-4-5-6-7-8-9-10-11-15(20-14(2)17)12-13-16(18)19-3/h5-6,11-13H,4,7-10H2,1-3H3/b6-5+,13-12+,15-11-. The van der Waals surface area contributed by atoms with Crippen LogP contribution in [0.2, 0.25) is 0 Å². The van der Waals surface area contributed by atoms with E-state index in [1.807, 2.05) is 6.08 Å². The van der Waals surface area contributed by atoms with Crippen LogP contribution < -0.4 is 0 Å². The Kier molecular flexibility index (Phi) is 11.1. The number of carbonyl (C=O) groups excluding carboxylic acids is 2. The number of carbonyl (C=O) groups is 2. The molecule has 0 amide bonds. The van der Waals surface area contributed by atoms with E-state index in [9.17, 15) is 9.59 Å². The zero-order valence-electron chi connectivity index (χ0n) is 12.6. The minimum Gasteiger partial charge on any atom is -0.466 e. The molecule has 0 N–H and O–H groups in total. The van der Waals surface area contributed by atoms with E-state index in [1.54, 1.807) is 0 Å². The van der Waals surface area contributed by atoms with Gasteiger partial charge in [-0.25, -0.2) is 4.79 Å². The van der Waals surface area contributed by atoms with Gasteiger partial charge in [-0.15, -0.1) is 0 Å². The van der Waals surface area contributed by atoms with Crippen molar-refractivity contribution in [3.63, 3.8) is 0 Å². The summed E-state index contributed by atoms with van der Waals surface area (Å²) < 4.78 is 9.49. The van der Waals surface area contributed by atoms with Crippen LogP contribution in [-0.4, -0.2) is 19.0 Å². The normalized spacial score (nSPS) is 12.1. The van der Waals surface area contributed by atoms with Crippen molar-refractivity contribution in [3.8, 4) is 0 Å². The van der Waals surface area contributed by atoms with Gasteiger partial charge in [-0.1, -0.05) is 19.1 Å². The third kappa shape index (κ3) is 11.3. The molecule has 0 rings (SSSR count). The fourth-order valence-corrected chi connectivity index (χ4v) is 1.46. The molecule has 0 aliphatic rings. The first-order valence-corrected chi connectivity index (χ1v) is 6.89. The van der Waals surface area contributed by atoms with Crippen LogP contribution in [-0.2, 0) is 19.1 Å². The van der Waals surface area contributed by atoms with E-state index in [4.69, 9.17) is 4.74 Å². The number of ether oxygens (including phenoxy) is 2. The number of esters is 2. The molecule has 0 aliphatic heterocycles. The predicted octanol–water partition coefficient (Wildman–Crippen LogP) is 3.69. The van der Waals surface area contributed by atoms with Crippen molar-refractivity contribution in [2.75, 3.05) is 7.11 Å². The largest absolute Gasteiger partial charge is 0.466 e. The molecule has 0 bridgehead atoms. The van der Waals surface area contributed by atoms with Gasteiger partial charge in [0.05, 0.1) is 7.11 Å². The summed E-state index contributed by atoms with van der Waals surface area (Å²) in [4.78, 5) is 21.9. The van der Waals surface area contributed by atoms with Gasteiger partial charge in [0.2, 0.25) is 0 Å². The van der Waals surface area contributed by atoms with Crippen molar-refractivity contribution >= 4 is 11.9 Å². The van der Waals surface area contributed by atoms with Gasteiger partial charge in [0.1, 0.15) is 5.76 Å². The third-order valence-electron chi connectivity index (χ3n) is 2.42. The highest BCUT2D eigenvalue weighted by atomic mass is 16.5. The van der Waals surface area contributed by atoms with Crippen molar-refractivity contribution in [1.29, 1.82) is 0 Å². The Hall–Kier alpha value is -1.84. The smallest absolute Gasteiger partial charge is 0.330 e. The van der Waals surface area contributed by atoms with Gasteiger partial charge >= 0.3 is 11.9 Å². The molecule has 0 saturated heterocycles. The Morgan fingerprint density at radius 3 is 2.35 bits per heavy atom. The van der Waals surface area contributed by atoms with Crippen LogP contribution in [0.5, 0.6) is 0 Å². The average Bonchev–Trinajstić information content (AvgIpc) is 2.42. The Balaban J connectivity index is 4.22. The molecule has 0 saturated carbocycles. The number of rotatable bonds is 9. The van der Waals surface area contributed by atoms with Crippen LogP contribution in [0.25, 0.3) is 0 Å². The summed E-state index contributed by atoms with van der Waals surface area (Å²) in [6.07, 6.45) is 13.8. The number of allylic oxidation sites excluding steroid dienone is 4. The molecule has 0 spiro atoms. The molecule has 0 heterocycles. The third-order valence-corrected chi connectivity index (χ3v) is 2.42. The Labute approximate surface area is 121 Å². The maximum Gasteiger partial charge on any atom is 0.330 e. The molecule has 0 aliphatic carbocycles. The lowest BCUT2D eigenvalue weighted by Gasteiger charge is -2.02. The number of hydrogen-bond acceptors (Lipinski definition) is 4. The maximum absolute atomic E-state index is 11.0. The monoisotopic (exact) mass is 280 g/mol. The first kappa shape index (κ1) is 18.2. The molecule has 0 aromatic carbocycles. The summed E-state index contributed by atoms with van der Waals surface area (Å²) in [5.74, 6) is -0.503. The Bertz CT molecular complexity index is 378. The molecule has 0 unspecified atom stereocenters. The molecule has 112 valence electrons. The molecule has 0 aromatic heterocycles. The van der Waals surface area contributed by atoms with E-state index in [0.717, 1.165) is 32.1 Å². The fourth-order valence-electron chi connectivity index (χ4n) is 1.46. The van der Waals surface area contributed by atoms with E-state index in [2.05, 4.69) is 23.8 Å². The number of unbranched alkanes of at least 4 members (excludes halogenated alkanes) is 3. The van der Waals surface area contributed by atoms with E-state index < -0.39 is 11.9 Å². The Morgan fingerprint density at radius 2 is 1.75 bits per heavy atom. The number of methoxy groups -OCH3 is 1. The summed E-state index contributed by atoms with van der Waals surface area (Å²) in [5.41, 5.74) is 0. The second-order valence-electron chi connectivity index (χ2n) is 4.22. The zero-order chi connectivity index (χ0) is 15.2. The number of hydrogen-bond donors (Lipinski definition) is 0. The average molecular weight is 280 g/mol. The summed E-state index contributed by atoms with van der Waals surface area (Å²) in [5, 5.41) is 0. The van der Waals surface area contributed by atoms with Crippen LogP contribution in [0.1, 0.15) is 46.0 Å². The summed E-state index contributed by atoms with van der Waals surface area (Å²) in [7, 11) is 1.30. The van der Waals surface area contributed by atoms with Crippen LogP contribution in [0.15, 0.2) is 36.1 Å². The van der Waals surface area contributed by atoms with E-state index in [0.29, 0.717) is 5.76 Å². The minimum atomic E-state index is -0.479. The highest BCUT2D eigenvalue weighted by Crippen LogP contribution is 2.08. The lowest BCUT2D eigenvalue weighted by Crippen LogP contribution is -1.99. The van der Waals surface area contributed by atoms with Gasteiger partial charge in [0, 0.05) is 13.0 Å². The van der Waals surface area contributed by atoms with Crippen molar-refractivity contribution in [1.82, 2.24) is 0 Å². The van der Waals surface area contributed by atoms with Gasteiger partial charge in [0.25, 0.3) is 0 Å². The van der Waals surface area contributed by atoms with Crippen molar-refractivity contribution < 1.29 is 19.1 Å². The maximum atomic E-state index is 11.0. The quantitative estimate of drug-likeness (QED) is 0.161. The molecule has 20 heavy (non-hydrogen) atoms. The molecule has 4 heteroatoms. The summed E-state index contributed by atoms with van der Waals surface area (Å²) in [6.45, 7) is 3.44. The van der Waals surface area contributed by atoms with E-state index >= 15 is 0 Å². The SMILES string of the molecule is CC/C=C/CCCC/C=C(/C=C/C(=O)OC)OC(C)=O. The second-order valence-corrected chi connectivity index (χ2v) is 4.22. The topological polar surface area (TPSA) is 52.6 Å². The van der Waals surface area contributed by atoms with Gasteiger partial charge in [-0.3, -0.25) is 4.79 Å². The fraction of sp³-hybridized carbons (Fsp3) is 0.500. The van der Waals surface area contributed by atoms with Gasteiger partial charge in [0.15, 0.2) is 0 Å². The summed E-state index contributed by atoms with van der Waals surface area (Å²) >= 11 is 0. The zero-order valence-corrected chi connectivity index (χ0v) is 12.6. The van der Waals surface area contributed by atoms with E-state index in [-0.39, 0.29) is 0 Å². The van der Waals surface area contributed by atoms with Crippen molar-refractivity contribution in [2.45, 2.75) is 46.0 Å². The molecule has 0 aromatic rings. The van der Waals surface area contributed by atoms with E-state index in [1.165, 1.54) is 26.2 Å². The van der Waals surface area contributed by atoms with Crippen molar-refractivity contribution in [2.24, 2.45) is 0 Å². The highest BCUT2D eigenvalue weighted by molar-refractivity contribution is 5.82. The van der Waals surface area contributed by atoms with Gasteiger partial charge < -0.3 is 9.47 Å². The first-order valence-electron chi connectivity index (χ1n) is 6.89. The highest BCUT2D eigenvalue weighted by Gasteiger charge is 2.00. The van der Waals surface area contributed by atoms with Gasteiger partial charge in [-0.05, 0) is 44.3 Å². The van der Waals surface area contributed by atoms with Crippen molar-refractivity contribution in [3.05, 3.63) is 36.1 Å². The molecule has 0 radical (unpaired) electrons.